The van der Waals surface area contributed by atoms with Gasteiger partial charge in [0.05, 0.1) is 6.54 Å². The summed E-state index contributed by atoms with van der Waals surface area (Å²) >= 11 is 0. The van der Waals surface area contributed by atoms with Crippen LogP contribution in [0, 0.1) is 0 Å². The number of amides is 3. The van der Waals surface area contributed by atoms with Gasteiger partial charge in [-0.15, -0.1) is 0 Å². The summed E-state index contributed by atoms with van der Waals surface area (Å²) in [4.78, 5) is 37.4. The third-order valence-electron chi connectivity index (χ3n) is 5.14. The number of carbonyl (C=O) groups is 3. The lowest BCUT2D eigenvalue weighted by molar-refractivity contribution is -0.136. The van der Waals surface area contributed by atoms with Crippen LogP contribution in [0.5, 0.6) is 5.75 Å². The molecular formula is C18H19F2N3O4. The van der Waals surface area contributed by atoms with Gasteiger partial charge in [0, 0.05) is 31.0 Å². The monoisotopic (exact) mass is 379 g/mol. The van der Waals surface area contributed by atoms with Gasteiger partial charge in [-0.3, -0.25) is 19.7 Å². The number of ether oxygens (including phenoxy) is 1. The van der Waals surface area contributed by atoms with Crippen LogP contribution in [0.2, 0.25) is 0 Å². The summed E-state index contributed by atoms with van der Waals surface area (Å²) in [6.45, 7) is 0.0111. The maximum Gasteiger partial charge on any atom is 0.261 e. The van der Waals surface area contributed by atoms with Crippen molar-refractivity contribution in [2.45, 2.75) is 43.8 Å². The molecule has 1 unspecified atom stereocenters. The summed E-state index contributed by atoms with van der Waals surface area (Å²) in [5.41, 5.74) is 1.20. The lowest BCUT2D eigenvalue weighted by Gasteiger charge is -2.29. The zero-order valence-electron chi connectivity index (χ0n) is 14.5. The zero-order valence-corrected chi connectivity index (χ0v) is 14.5. The molecule has 0 bridgehead atoms. The van der Waals surface area contributed by atoms with Crippen LogP contribution in [0.25, 0.3) is 0 Å². The Labute approximate surface area is 154 Å². The molecule has 27 heavy (non-hydrogen) atoms. The van der Waals surface area contributed by atoms with Crippen LogP contribution in [0.1, 0.15) is 35.2 Å². The van der Waals surface area contributed by atoms with E-state index in [2.05, 4.69) is 10.6 Å². The maximum absolute atomic E-state index is 13.2. The number of benzene rings is 1. The van der Waals surface area contributed by atoms with E-state index < -0.39 is 23.9 Å². The highest BCUT2D eigenvalue weighted by atomic mass is 19.3. The Hall–Kier alpha value is -2.55. The van der Waals surface area contributed by atoms with Crippen molar-refractivity contribution in [1.29, 1.82) is 0 Å². The number of carbonyl (C=O) groups excluding carboxylic acids is 3. The summed E-state index contributed by atoms with van der Waals surface area (Å²) in [5, 5.41) is 4.98. The standard InChI is InChI=1S/C18H19F2N3O4/c19-18(20)6-11(21-9-18)8-27-12-1-2-13-10(5-12)7-23(17(13)26)14-3-4-15(24)22-16(14)25/h1-2,5,11,14,21H,3-4,6-9H2,(H,22,24,25)/t11-,14?/m0/s1. The van der Waals surface area contributed by atoms with Crippen LogP contribution in [0.4, 0.5) is 8.78 Å². The normalized spacial score (nSPS) is 26.9. The number of rotatable bonds is 4. The van der Waals surface area contributed by atoms with E-state index in [4.69, 9.17) is 4.74 Å². The molecule has 7 nitrogen and oxygen atoms in total. The van der Waals surface area contributed by atoms with Crippen molar-refractivity contribution in [3.8, 4) is 5.75 Å². The molecule has 9 heteroatoms. The highest BCUT2D eigenvalue weighted by Gasteiger charge is 2.40. The predicted molar refractivity (Wildman–Crippen MR) is 89.3 cm³/mol. The molecule has 0 aromatic heterocycles. The first-order valence-electron chi connectivity index (χ1n) is 8.84. The number of hydrogen-bond donors (Lipinski definition) is 2. The number of piperidine rings is 1. The number of nitrogens with zero attached hydrogens (tertiary/aromatic N) is 1. The van der Waals surface area contributed by atoms with Crippen LogP contribution in [-0.4, -0.2) is 53.8 Å². The Morgan fingerprint density at radius 1 is 1.26 bits per heavy atom. The second kappa shape index (κ2) is 6.56. The van der Waals surface area contributed by atoms with Gasteiger partial charge in [-0.2, -0.15) is 0 Å². The molecule has 3 aliphatic rings. The van der Waals surface area contributed by atoms with E-state index in [1.165, 1.54) is 4.90 Å². The third kappa shape index (κ3) is 3.51. The van der Waals surface area contributed by atoms with Crippen molar-refractivity contribution >= 4 is 17.7 Å². The van der Waals surface area contributed by atoms with E-state index in [1.54, 1.807) is 18.2 Å². The first kappa shape index (κ1) is 17.8. The van der Waals surface area contributed by atoms with E-state index in [1.807, 2.05) is 0 Å². The summed E-state index contributed by atoms with van der Waals surface area (Å²) in [6.07, 6.45) is 0.235. The fourth-order valence-corrected chi connectivity index (χ4v) is 3.75. The van der Waals surface area contributed by atoms with Crippen molar-refractivity contribution in [1.82, 2.24) is 15.5 Å². The number of imide groups is 1. The molecule has 0 aliphatic carbocycles. The SMILES string of the molecule is O=C1CCC(N2Cc3cc(OC[C@@H]4CC(F)(F)CN4)ccc3C2=O)C(=O)N1. The summed E-state index contributed by atoms with van der Waals surface area (Å²) in [5.74, 6) is -3.27. The summed E-state index contributed by atoms with van der Waals surface area (Å²) in [7, 11) is 0. The minimum Gasteiger partial charge on any atom is -0.492 e. The van der Waals surface area contributed by atoms with Crippen molar-refractivity contribution in [2.24, 2.45) is 0 Å². The van der Waals surface area contributed by atoms with Gasteiger partial charge in [-0.05, 0) is 30.2 Å². The van der Waals surface area contributed by atoms with Gasteiger partial charge in [-0.25, -0.2) is 8.78 Å². The molecule has 2 saturated heterocycles. The quantitative estimate of drug-likeness (QED) is 0.757. The average Bonchev–Trinajstić information content (AvgIpc) is 3.12. The van der Waals surface area contributed by atoms with Crippen molar-refractivity contribution in [2.75, 3.05) is 13.2 Å². The lowest BCUT2D eigenvalue weighted by atomic mass is 10.0. The van der Waals surface area contributed by atoms with Crippen LogP contribution < -0.4 is 15.4 Å². The topological polar surface area (TPSA) is 87.7 Å². The Bertz CT molecular complexity index is 814. The largest absolute Gasteiger partial charge is 0.492 e. The number of nitrogens with one attached hydrogen (secondary N) is 2. The predicted octanol–water partition coefficient (Wildman–Crippen LogP) is 0.824. The molecule has 3 aliphatic heterocycles. The molecule has 3 heterocycles. The highest BCUT2D eigenvalue weighted by Crippen LogP contribution is 2.31. The van der Waals surface area contributed by atoms with Gasteiger partial charge in [0.25, 0.3) is 11.8 Å². The van der Waals surface area contributed by atoms with Crippen molar-refractivity contribution in [3.05, 3.63) is 29.3 Å². The fraction of sp³-hybridized carbons (Fsp3) is 0.500. The lowest BCUT2D eigenvalue weighted by Crippen LogP contribution is -2.52. The second-order valence-electron chi connectivity index (χ2n) is 7.17. The molecule has 0 spiro atoms. The van der Waals surface area contributed by atoms with E-state index in [9.17, 15) is 23.2 Å². The van der Waals surface area contributed by atoms with Crippen LogP contribution in [0.15, 0.2) is 18.2 Å². The summed E-state index contributed by atoms with van der Waals surface area (Å²) < 4.78 is 32.0. The van der Waals surface area contributed by atoms with Gasteiger partial charge in [0.1, 0.15) is 18.4 Å². The van der Waals surface area contributed by atoms with E-state index in [-0.39, 0.29) is 44.4 Å². The average molecular weight is 379 g/mol. The number of alkyl halides is 2. The molecule has 0 radical (unpaired) electrons. The first-order chi connectivity index (χ1) is 12.8. The zero-order chi connectivity index (χ0) is 19.2. The van der Waals surface area contributed by atoms with Gasteiger partial charge in [-0.1, -0.05) is 0 Å². The third-order valence-corrected chi connectivity index (χ3v) is 5.14. The molecule has 3 amide bonds. The Balaban J connectivity index is 1.42. The van der Waals surface area contributed by atoms with Crippen molar-refractivity contribution in [3.63, 3.8) is 0 Å². The van der Waals surface area contributed by atoms with E-state index in [0.29, 0.717) is 23.3 Å². The Kier molecular flexibility index (Phi) is 4.33. The van der Waals surface area contributed by atoms with Gasteiger partial charge >= 0.3 is 0 Å². The fourth-order valence-electron chi connectivity index (χ4n) is 3.75. The molecule has 1 aromatic carbocycles. The molecule has 1 aromatic rings. The molecule has 2 fully saturated rings. The number of hydrogen-bond acceptors (Lipinski definition) is 5. The molecule has 2 N–H and O–H groups in total. The molecule has 2 atom stereocenters. The number of fused-ring (bicyclic) bond motifs is 1. The Morgan fingerprint density at radius 2 is 2.07 bits per heavy atom. The molecular weight excluding hydrogens is 360 g/mol. The van der Waals surface area contributed by atoms with Gasteiger partial charge < -0.3 is 15.0 Å². The Morgan fingerprint density at radius 3 is 2.78 bits per heavy atom. The van der Waals surface area contributed by atoms with Crippen LogP contribution in [-0.2, 0) is 16.1 Å². The molecule has 144 valence electrons. The van der Waals surface area contributed by atoms with E-state index in [0.717, 1.165) is 0 Å². The molecule has 0 saturated carbocycles. The maximum atomic E-state index is 13.2. The minimum atomic E-state index is -2.71. The van der Waals surface area contributed by atoms with Gasteiger partial charge in [0.2, 0.25) is 11.8 Å². The minimum absolute atomic E-state index is 0.110. The van der Waals surface area contributed by atoms with E-state index >= 15 is 0 Å². The van der Waals surface area contributed by atoms with Crippen LogP contribution >= 0.6 is 0 Å². The molecule has 4 rings (SSSR count). The number of halogens is 2. The van der Waals surface area contributed by atoms with Crippen molar-refractivity contribution < 1.29 is 27.9 Å². The smallest absolute Gasteiger partial charge is 0.261 e. The highest BCUT2D eigenvalue weighted by molar-refractivity contribution is 6.05. The van der Waals surface area contributed by atoms with Gasteiger partial charge in [0.15, 0.2) is 0 Å². The van der Waals surface area contributed by atoms with Crippen LogP contribution in [0.3, 0.4) is 0 Å². The second-order valence-corrected chi connectivity index (χ2v) is 7.17. The first-order valence-corrected chi connectivity index (χ1v) is 8.84. The summed E-state index contributed by atoms with van der Waals surface area (Å²) in [6, 6.07) is 3.85.